The molecule has 0 aromatic heterocycles. The number of rotatable bonds is 7. The number of aliphatic hydroxyl groups excluding tert-OH is 1. The highest BCUT2D eigenvalue weighted by Crippen LogP contribution is 2.20. The molecule has 1 unspecified atom stereocenters. The zero-order valence-electron chi connectivity index (χ0n) is 11.8. The van der Waals surface area contributed by atoms with Crippen LogP contribution in [0.4, 0.5) is 0 Å². The second-order valence-electron chi connectivity index (χ2n) is 5.98. The van der Waals surface area contributed by atoms with Crippen LogP contribution in [0.1, 0.15) is 51.4 Å². The summed E-state index contributed by atoms with van der Waals surface area (Å²) in [7, 11) is 0. The summed E-state index contributed by atoms with van der Waals surface area (Å²) in [6.07, 6.45) is 10.4. The molecule has 0 aromatic rings. The average molecular weight is 254 g/mol. The summed E-state index contributed by atoms with van der Waals surface area (Å²) < 4.78 is 0. The molecule has 2 heterocycles. The Morgan fingerprint density at radius 1 is 0.889 bits per heavy atom. The lowest BCUT2D eigenvalue weighted by molar-refractivity contribution is 0.162. The lowest BCUT2D eigenvalue weighted by Crippen LogP contribution is -2.40. The van der Waals surface area contributed by atoms with Crippen molar-refractivity contribution in [1.29, 1.82) is 0 Å². The van der Waals surface area contributed by atoms with Crippen molar-refractivity contribution in [3.8, 4) is 0 Å². The maximum Gasteiger partial charge on any atom is 0.0431 e. The minimum atomic E-state index is 0.362. The van der Waals surface area contributed by atoms with Gasteiger partial charge in [-0.2, -0.15) is 0 Å². The van der Waals surface area contributed by atoms with Crippen molar-refractivity contribution in [2.24, 2.45) is 0 Å². The van der Waals surface area contributed by atoms with E-state index in [9.17, 15) is 0 Å². The Kier molecular flexibility index (Phi) is 6.46. The summed E-state index contributed by atoms with van der Waals surface area (Å²) in [4.78, 5) is 5.38. The van der Waals surface area contributed by atoms with Crippen LogP contribution in [0.3, 0.4) is 0 Å². The average Bonchev–Trinajstić information content (AvgIpc) is 2.88. The molecule has 0 bridgehead atoms. The predicted octanol–water partition coefficient (Wildman–Crippen LogP) is 2.10. The van der Waals surface area contributed by atoms with Gasteiger partial charge < -0.3 is 10.0 Å². The fourth-order valence-electron chi connectivity index (χ4n) is 3.40. The molecule has 0 radical (unpaired) electrons. The summed E-state index contributed by atoms with van der Waals surface area (Å²) in [5.41, 5.74) is 0. The highest BCUT2D eigenvalue weighted by Gasteiger charge is 2.27. The van der Waals surface area contributed by atoms with Crippen LogP contribution in [0, 0.1) is 0 Å². The number of unbranched alkanes of at least 4 members (excludes halogenated alkanes) is 3. The van der Waals surface area contributed by atoms with Crippen LogP contribution in [0.15, 0.2) is 0 Å². The van der Waals surface area contributed by atoms with E-state index in [-0.39, 0.29) is 0 Å². The van der Waals surface area contributed by atoms with Gasteiger partial charge in [-0.25, -0.2) is 0 Å². The summed E-state index contributed by atoms with van der Waals surface area (Å²) in [6.45, 7) is 6.93. The third-order valence-electron chi connectivity index (χ3n) is 4.54. The van der Waals surface area contributed by atoms with E-state index in [4.69, 9.17) is 5.11 Å². The van der Waals surface area contributed by atoms with Crippen LogP contribution >= 0.6 is 0 Å². The number of likely N-dealkylation sites (tertiary alicyclic amines) is 2. The molecule has 1 N–H and O–H groups in total. The molecule has 18 heavy (non-hydrogen) atoms. The van der Waals surface area contributed by atoms with Gasteiger partial charge >= 0.3 is 0 Å². The van der Waals surface area contributed by atoms with E-state index in [0.717, 1.165) is 12.5 Å². The molecule has 2 aliphatic heterocycles. The lowest BCUT2D eigenvalue weighted by Gasteiger charge is -2.32. The van der Waals surface area contributed by atoms with Gasteiger partial charge in [0, 0.05) is 19.2 Å². The van der Waals surface area contributed by atoms with Crippen LogP contribution in [0.2, 0.25) is 0 Å². The molecule has 0 amide bonds. The summed E-state index contributed by atoms with van der Waals surface area (Å²) in [6, 6.07) is 0.850. The van der Waals surface area contributed by atoms with Crippen LogP contribution < -0.4 is 0 Å². The van der Waals surface area contributed by atoms with Gasteiger partial charge in [-0.15, -0.1) is 0 Å². The quantitative estimate of drug-likeness (QED) is 0.705. The molecule has 0 aromatic carbocycles. The van der Waals surface area contributed by atoms with Crippen molar-refractivity contribution in [2.75, 3.05) is 39.3 Å². The van der Waals surface area contributed by atoms with E-state index in [1.807, 2.05) is 0 Å². The van der Waals surface area contributed by atoms with Gasteiger partial charge in [0.2, 0.25) is 0 Å². The Morgan fingerprint density at radius 2 is 1.67 bits per heavy atom. The fourth-order valence-corrected chi connectivity index (χ4v) is 3.40. The first-order chi connectivity index (χ1) is 8.90. The molecule has 1 atom stereocenters. The number of aliphatic hydroxyl groups is 1. The first kappa shape index (κ1) is 14.3. The molecule has 2 saturated heterocycles. The standard InChI is InChI=1S/C15H30N2O/c18-13-7-2-1-4-9-16-12-8-15(14-16)17-10-5-3-6-11-17/h15,18H,1-14H2. The van der Waals surface area contributed by atoms with Crippen LogP contribution in [-0.4, -0.2) is 60.3 Å². The largest absolute Gasteiger partial charge is 0.396 e. The van der Waals surface area contributed by atoms with Gasteiger partial charge in [0.25, 0.3) is 0 Å². The third-order valence-corrected chi connectivity index (χ3v) is 4.54. The van der Waals surface area contributed by atoms with Gasteiger partial charge in [0.05, 0.1) is 0 Å². The predicted molar refractivity (Wildman–Crippen MR) is 75.8 cm³/mol. The van der Waals surface area contributed by atoms with Gasteiger partial charge in [-0.1, -0.05) is 19.3 Å². The van der Waals surface area contributed by atoms with E-state index >= 15 is 0 Å². The third kappa shape index (κ3) is 4.52. The Hall–Kier alpha value is -0.120. The lowest BCUT2D eigenvalue weighted by atomic mass is 10.1. The number of hydrogen-bond donors (Lipinski definition) is 1. The van der Waals surface area contributed by atoms with Crippen molar-refractivity contribution in [2.45, 2.75) is 57.4 Å². The molecule has 3 nitrogen and oxygen atoms in total. The summed E-state index contributed by atoms with van der Waals surface area (Å²) >= 11 is 0. The van der Waals surface area contributed by atoms with Crippen LogP contribution in [-0.2, 0) is 0 Å². The minimum absolute atomic E-state index is 0.362. The number of nitrogens with zero attached hydrogens (tertiary/aromatic N) is 2. The molecule has 2 rings (SSSR count). The molecule has 2 fully saturated rings. The topological polar surface area (TPSA) is 26.7 Å². The van der Waals surface area contributed by atoms with Crippen molar-refractivity contribution in [1.82, 2.24) is 9.80 Å². The highest BCUT2D eigenvalue weighted by atomic mass is 16.2. The molecule has 3 heteroatoms. The second-order valence-corrected chi connectivity index (χ2v) is 5.98. The van der Waals surface area contributed by atoms with Crippen molar-refractivity contribution >= 4 is 0 Å². The van der Waals surface area contributed by atoms with Crippen molar-refractivity contribution < 1.29 is 5.11 Å². The first-order valence-corrected chi connectivity index (χ1v) is 7.97. The van der Waals surface area contributed by atoms with Gasteiger partial charge in [-0.3, -0.25) is 4.90 Å². The first-order valence-electron chi connectivity index (χ1n) is 7.97. The second kappa shape index (κ2) is 8.13. The van der Waals surface area contributed by atoms with Gasteiger partial charge in [0.1, 0.15) is 0 Å². The summed E-state index contributed by atoms with van der Waals surface area (Å²) in [5.74, 6) is 0. The van der Waals surface area contributed by atoms with Crippen molar-refractivity contribution in [3.63, 3.8) is 0 Å². The summed E-state index contributed by atoms with van der Waals surface area (Å²) in [5, 5.41) is 8.74. The smallest absolute Gasteiger partial charge is 0.0431 e. The number of piperidine rings is 1. The van der Waals surface area contributed by atoms with E-state index in [2.05, 4.69) is 9.80 Å². The number of hydrogen-bond acceptors (Lipinski definition) is 3. The Balaban J connectivity index is 1.56. The highest BCUT2D eigenvalue weighted by molar-refractivity contribution is 4.84. The monoisotopic (exact) mass is 254 g/mol. The van der Waals surface area contributed by atoms with Crippen LogP contribution in [0.5, 0.6) is 0 Å². The molecule has 0 spiro atoms. The normalized spacial score (nSPS) is 26.8. The Bertz CT molecular complexity index is 217. The fraction of sp³-hybridized carbons (Fsp3) is 1.00. The van der Waals surface area contributed by atoms with Crippen LogP contribution in [0.25, 0.3) is 0 Å². The van der Waals surface area contributed by atoms with E-state index in [1.54, 1.807) is 0 Å². The Morgan fingerprint density at radius 3 is 2.44 bits per heavy atom. The molecular weight excluding hydrogens is 224 g/mol. The Labute approximate surface area is 112 Å². The molecule has 2 aliphatic rings. The molecule has 0 saturated carbocycles. The van der Waals surface area contributed by atoms with Crippen molar-refractivity contribution in [3.05, 3.63) is 0 Å². The van der Waals surface area contributed by atoms with E-state index in [1.165, 1.54) is 77.7 Å². The van der Waals surface area contributed by atoms with Gasteiger partial charge in [0.15, 0.2) is 0 Å². The maximum absolute atomic E-state index is 8.74. The SMILES string of the molecule is OCCCCCCN1CCC(N2CCCCC2)C1. The van der Waals surface area contributed by atoms with E-state index < -0.39 is 0 Å². The molecule has 106 valence electrons. The van der Waals surface area contributed by atoms with E-state index in [0.29, 0.717) is 6.61 Å². The minimum Gasteiger partial charge on any atom is -0.396 e. The van der Waals surface area contributed by atoms with Gasteiger partial charge in [-0.05, 0) is 58.3 Å². The molecule has 0 aliphatic carbocycles. The zero-order chi connectivity index (χ0) is 12.6. The molecular formula is C15H30N2O. The maximum atomic E-state index is 8.74. The zero-order valence-corrected chi connectivity index (χ0v) is 11.8.